The van der Waals surface area contributed by atoms with E-state index in [4.69, 9.17) is 24.5 Å². The first kappa shape index (κ1) is 34.8. The topological polar surface area (TPSA) is 358 Å². The molecule has 0 bridgehead atoms. The van der Waals surface area contributed by atoms with Gasteiger partial charge in [-0.3, -0.25) is 18.1 Å². The molecule has 2 aromatic heterocycles. The zero-order valence-electron chi connectivity index (χ0n) is 21.0. The lowest BCUT2D eigenvalue weighted by Gasteiger charge is -2.44. The van der Waals surface area contributed by atoms with E-state index in [0.717, 1.165) is 10.9 Å². The van der Waals surface area contributed by atoms with Crippen molar-refractivity contribution >= 4 is 56.4 Å². The Hall–Kier alpha value is -1.08. The van der Waals surface area contributed by atoms with Crippen LogP contribution in [0.4, 0.5) is 5.82 Å². The first-order valence-electron chi connectivity index (χ1n) is 11.6. The van der Waals surface area contributed by atoms with E-state index in [1.54, 1.807) is 0 Å². The number of phosphoric acid groups is 3. The van der Waals surface area contributed by atoms with Crippen LogP contribution in [0.15, 0.2) is 11.1 Å². The number of nitrogens with zero attached hydrogens (tertiary/aromatic N) is 4. The van der Waals surface area contributed by atoms with Gasteiger partial charge >= 0.3 is 23.5 Å². The van der Waals surface area contributed by atoms with Crippen LogP contribution in [0.1, 0.15) is 6.23 Å². The number of imidazole rings is 1. The molecule has 0 aliphatic carbocycles. The molecule has 4 heterocycles. The second-order valence-corrected chi connectivity index (χ2v) is 13.2. The van der Waals surface area contributed by atoms with Gasteiger partial charge < -0.3 is 64.6 Å². The molecule has 2 aliphatic heterocycles. The Balaban J connectivity index is 1.74. The molecule has 2 aromatic rings. The quantitative estimate of drug-likeness (QED) is 0.0806. The van der Waals surface area contributed by atoms with Gasteiger partial charge in [-0.2, -0.15) is 0 Å². The van der Waals surface area contributed by atoms with Crippen LogP contribution in [0, 0.1) is 0 Å². The number of nitrogens with two attached hydrogens (primary N) is 1. The lowest BCUT2D eigenvalue weighted by atomic mass is 9.99. The van der Waals surface area contributed by atoms with Crippen LogP contribution in [0.3, 0.4) is 0 Å². The number of nitrogen functional groups attached to an aromatic ring is 1. The molecule has 2 aliphatic rings. The summed E-state index contributed by atoms with van der Waals surface area (Å²) in [4.78, 5) is 68.5. The van der Waals surface area contributed by atoms with Gasteiger partial charge in [0.05, 0.1) is 13.2 Å². The van der Waals surface area contributed by atoms with E-state index < -0.39 is 91.9 Å². The summed E-state index contributed by atoms with van der Waals surface area (Å²) in [6.45, 7) is -2.05. The molecule has 43 heavy (non-hydrogen) atoms. The molecule has 244 valence electrons. The van der Waals surface area contributed by atoms with Crippen molar-refractivity contribution in [2.45, 2.75) is 55.2 Å². The predicted molar refractivity (Wildman–Crippen MR) is 136 cm³/mol. The summed E-state index contributed by atoms with van der Waals surface area (Å²) in [6.07, 6.45) is -16.7. The van der Waals surface area contributed by atoms with Gasteiger partial charge in [0.1, 0.15) is 49.1 Å². The molecule has 11 N–H and O–H groups in total. The second-order valence-electron chi connectivity index (χ2n) is 8.93. The Bertz CT molecular complexity index is 1450. The first-order valence-corrected chi connectivity index (χ1v) is 16.9. The van der Waals surface area contributed by atoms with Crippen molar-refractivity contribution in [3.05, 3.63) is 11.1 Å². The lowest BCUT2D eigenvalue weighted by molar-refractivity contribution is -0.313. The van der Waals surface area contributed by atoms with E-state index in [1.807, 2.05) is 0 Å². The highest BCUT2D eigenvalue weighted by molar-refractivity contribution is 9.10. The first-order chi connectivity index (χ1) is 19.8. The van der Waals surface area contributed by atoms with Crippen LogP contribution >= 0.6 is 39.4 Å². The number of fused-ring (bicyclic) bond motifs is 1. The van der Waals surface area contributed by atoms with Crippen molar-refractivity contribution < 1.29 is 86.2 Å². The van der Waals surface area contributed by atoms with Crippen LogP contribution in [0.25, 0.3) is 11.2 Å². The van der Waals surface area contributed by atoms with E-state index in [-0.39, 0.29) is 21.7 Å². The van der Waals surface area contributed by atoms with Gasteiger partial charge in [0, 0.05) is 0 Å². The number of hydrogen-bond donors (Lipinski definition) is 10. The summed E-state index contributed by atoms with van der Waals surface area (Å²) in [7, 11) is -16.4. The van der Waals surface area contributed by atoms with Crippen molar-refractivity contribution in [1.82, 2.24) is 19.5 Å². The Morgan fingerprint density at radius 2 is 1.40 bits per heavy atom. The second kappa shape index (κ2) is 13.0. The zero-order chi connectivity index (χ0) is 32.1. The molecular formula is C16H25BrN5O18P3. The molecule has 2 fully saturated rings. The van der Waals surface area contributed by atoms with Crippen molar-refractivity contribution in [3.8, 4) is 0 Å². The zero-order valence-corrected chi connectivity index (χ0v) is 25.2. The SMILES string of the molecule is Nc1ncnc2c1nc(Br)n2[C@@H]1O[C@H](CO)[C@@H](O[C@H]2O[C@H](CO)[C@@H](OP(=O)(O)O)[C@H](OP(=O)(O)O)[C@H]2O)[C@H]1OP(=O)(O)O. The molecular weight excluding hydrogens is 723 g/mol. The van der Waals surface area contributed by atoms with E-state index in [1.165, 1.54) is 0 Å². The number of hydrogen-bond acceptors (Lipinski definition) is 16. The van der Waals surface area contributed by atoms with Crippen molar-refractivity contribution in [2.75, 3.05) is 18.9 Å². The van der Waals surface area contributed by atoms with Gasteiger partial charge in [0.15, 0.2) is 34.2 Å². The smallest absolute Gasteiger partial charge is 0.394 e. The van der Waals surface area contributed by atoms with E-state index in [2.05, 4.69) is 39.9 Å². The minimum atomic E-state index is -5.52. The Labute approximate surface area is 247 Å². The van der Waals surface area contributed by atoms with E-state index >= 15 is 0 Å². The Morgan fingerprint density at radius 3 is 1.95 bits per heavy atom. The molecule has 0 unspecified atom stereocenters. The van der Waals surface area contributed by atoms with Crippen molar-refractivity contribution in [1.29, 1.82) is 0 Å². The molecule has 23 nitrogen and oxygen atoms in total. The highest BCUT2D eigenvalue weighted by Gasteiger charge is 2.56. The monoisotopic (exact) mass is 747 g/mol. The van der Waals surface area contributed by atoms with Crippen LogP contribution < -0.4 is 5.73 Å². The lowest BCUT2D eigenvalue weighted by Crippen LogP contribution is -2.61. The number of aromatic nitrogens is 4. The van der Waals surface area contributed by atoms with E-state index in [0.29, 0.717) is 0 Å². The number of ether oxygens (including phenoxy) is 3. The summed E-state index contributed by atoms with van der Waals surface area (Å²) in [6, 6.07) is 0. The number of aliphatic hydroxyl groups excluding tert-OH is 3. The van der Waals surface area contributed by atoms with Crippen molar-refractivity contribution in [3.63, 3.8) is 0 Å². The van der Waals surface area contributed by atoms with Gasteiger partial charge in [0.25, 0.3) is 0 Å². The summed E-state index contributed by atoms with van der Waals surface area (Å²) < 4.78 is 66.8. The molecule has 0 amide bonds. The molecule has 27 heteroatoms. The standard InChI is InChI=1S/C16H25BrN5O18P3/c17-16-21-6-12(18)19-3-20-13(6)22(16)14-11(40-43(32,33)34)8(4(1-23)35-14)37-15-7(25)10(39-42(29,30)31)9(5(2-24)36-15)38-41(26,27)28/h3-5,7-11,14-15,23-25H,1-2H2,(H2,18,19,20)(H2,26,27,28)(H2,29,30,31)(H2,32,33,34)/t4-,5-,7-,8-,9-,10-,11-,14-,15-/m1/s1. The fourth-order valence-corrected chi connectivity index (χ4v) is 6.72. The maximum absolute atomic E-state index is 12.0. The third-order valence-corrected chi connectivity index (χ3v) is 8.16. The van der Waals surface area contributed by atoms with Gasteiger partial charge in [-0.25, -0.2) is 28.6 Å². The van der Waals surface area contributed by atoms with Crippen LogP contribution in [0.2, 0.25) is 0 Å². The molecule has 4 rings (SSSR count). The minimum absolute atomic E-state index is 0.0251. The average Bonchev–Trinajstić information content (AvgIpc) is 3.37. The largest absolute Gasteiger partial charge is 0.470 e. The highest BCUT2D eigenvalue weighted by atomic mass is 79.9. The van der Waals surface area contributed by atoms with Gasteiger partial charge in [-0.1, -0.05) is 0 Å². The average molecular weight is 748 g/mol. The fourth-order valence-electron chi connectivity index (χ4n) is 4.50. The van der Waals surface area contributed by atoms with Crippen LogP contribution in [-0.4, -0.2) is 126 Å². The molecule has 9 atom stereocenters. The van der Waals surface area contributed by atoms with Crippen LogP contribution in [0.5, 0.6) is 0 Å². The normalized spacial score (nSPS) is 32.5. The Morgan fingerprint density at radius 1 is 0.860 bits per heavy atom. The number of halogens is 1. The van der Waals surface area contributed by atoms with Crippen LogP contribution in [-0.2, 0) is 41.5 Å². The maximum Gasteiger partial charge on any atom is 0.470 e. The van der Waals surface area contributed by atoms with Gasteiger partial charge in [0.2, 0.25) is 0 Å². The molecule has 0 spiro atoms. The minimum Gasteiger partial charge on any atom is -0.394 e. The third kappa shape index (κ3) is 8.02. The van der Waals surface area contributed by atoms with Gasteiger partial charge in [-0.15, -0.1) is 0 Å². The summed E-state index contributed by atoms with van der Waals surface area (Å²) in [5, 5.41) is 30.7. The number of aliphatic hydroxyl groups is 3. The maximum atomic E-state index is 12.0. The van der Waals surface area contributed by atoms with E-state index in [9.17, 15) is 58.4 Å². The molecule has 0 aromatic carbocycles. The molecule has 0 radical (unpaired) electrons. The van der Waals surface area contributed by atoms with Crippen molar-refractivity contribution in [2.24, 2.45) is 0 Å². The summed E-state index contributed by atoms with van der Waals surface area (Å²) in [5.41, 5.74) is 5.83. The predicted octanol–water partition coefficient (Wildman–Crippen LogP) is -3.04. The molecule has 0 saturated carbocycles. The summed E-state index contributed by atoms with van der Waals surface area (Å²) >= 11 is 3.15. The Kier molecular flexibility index (Phi) is 10.5. The fraction of sp³-hybridized carbons (Fsp3) is 0.688. The van der Waals surface area contributed by atoms with Gasteiger partial charge in [-0.05, 0) is 15.9 Å². The summed E-state index contributed by atoms with van der Waals surface area (Å²) in [5.74, 6) is -0.0849. The number of phosphoric ester groups is 3. The number of rotatable bonds is 11. The number of anilines is 1. The highest BCUT2D eigenvalue weighted by Crippen LogP contribution is 2.49. The molecule has 2 saturated heterocycles. The third-order valence-electron chi connectivity index (χ3n) is 6.05.